The first-order valence-corrected chi connectivity index (χ1v) is 8.57. The second-order valence-electron chi connectivity index (χ2n) is 7.56. The maximum Gasteiger partial charge on any atom is 0.0446 e. The zero-order valence-corrected chi connectivity index (χ0v) is 14.8. The average molecular weight is 325 g/mol. The molecule has 0 bridgehead atoms. The molecule has 0 saturated carbocycles. The van der Waals surface area contributed by atoms with E-state index in [2.05, 4.69) is 36.6 Å². The monoisotopic (exact) mass is 324 g/mol. The summed E-state index contributed by atoms with van der Waals surface area (Å²) in [6.07, 6.45) is 0.849. The number of aliphatic hydroxyl groups is 1. The number of nitrogens with zero attached hydrogens (tertiary/aromatic N) is 2. The van der Waals surface area contributed by atoms with E-state index in [1.165, 1.54) is 5.56 Å². The number of halogens is 1. The average Bonchev–Trinajstić information content (AvgIpc) is 2.41. The molecule has 1 aliphatic rings. The highest BCUT2D eigenvalue weighted by molar-refractivity contribution is 6.30. The number of aliphatic hydroxyl groups excluding tert-OH is 1. The zero-order valence-electron chi connectivity index (χ0n) is 14.1. The van der Waals surface area contributed by atoms with Crippen molar-refractivity contribution in [3.63, 3.8) is 0 Å². The minimum Gasteiger partial charge on any atom is -0.396 e. The largest absolute Gasteiger partial charge is 0.396 e. The predicted octanol–water partition coefficient (Wildman–Crippen LogP) is 3.25. The molecule has 3 nitrogen and oxygen atoms in total. The van der Waals surface area contributed by atoms with Crippen LogP contribution in [0.3, 0.4) is 0 Å². The highest BCUT2D eigenvalue weighted by atomic mass is 35.5. The number of piperazine rings is 1. The van der Waals surface area contributed by atoms with Crippen LogP contribution in [0.2, 0.25) is 5.02 Å². The molecule has 1 N–H and O–H groups in total. The molecule has 1 saturated heterocycles. The molecule has 1 aromatic carbocycles. The van der Waals surface area contributed by atoms with Crippen molar-refractivity contribution < 1.29 is 5.11 Å². The molecule has 1 heterocycles. The highest BCUT2D eigenvalue weighted by Gasteiger charge is 2.29. The maximum absolute atomic E-state index is 9.38. The lowest BCUT2D eigenvalue weighted by Gasteiger charge is -2.44. The molecule has 0 aromatic heterocycles. The molecular formula is C18H29ClN2O. The molecule has 0 radical (unpaired) electrons. The number of hydrogen-bond acceptors (Lipinski definition) is 3. The molecule has 124 valence electrons. The van der Waals surface area contributed by atoms with Crippen LogP contribution in [-0.4, -0.2) is 53.7 Å². The first kappa shape index (κ1) is 17.7. The Morgan fingerprint density at radius 1 is 1.27 bits per heavy atom. The molecule has 1 aromatic rings. The molecule has 2 rings (SSSR count). The molecule has 1 atom stereocenters. The second kappa shape index (κ2) is 7.78. The lowest BCUT2D eigenvalue weighted by molar-refractivity contribution is 0.0340. The molecule has 0 spiro atoms. The normalized spacial score (nSPS) is 21.2. The van der Waals surface area contributed by atoms with Crippen LogP contribution in [0.1, 0.15) is 32.8 Å². The van der Waals surface area contributed by atoms with Gasteiger partial charge in [-0.05, 0) is 29.5 Å². The number of benzene rings is 1. The van der Waals surface area contributed by atoms with Crippen molar-refractivity contribution in [3.8, 4) is 0 Å². The Morgan fingerprint density at radius 3 is 2.68 bits per heavy atom. The predicted molar refractivity (Wildman–Crippen MR) is 93.2 cm³/mol. The van der Waals surface area contributed by atoms with Crippen LogP contribution in [0, 0.1) is 5.41 Å². The fourth-order valence-electron chi connectivity index (χ4n) is 3.23. The van der Waals surface area contributed by atoms with E-state index in [1.807, 2.05) is 18.2 Å². The van der Waals surface area contributed by atoms with Gasteiger partial charge < -0.3 is 5.11 Å². The molecule has 0 amide bonds. The van der Waals surface area contributed by atoms with Crippen molar-refractivity contribution in [2.75, 3.05) is 32.8 Å². The fraction of sp³-hybridized carbons (Fsp3) is 0.667. The summed E-state index contributed by atoms with van der Waals surface area (Å²) in [7, 11) is 0. The van der Waals surface area contributed by atoms with Crippen LogP contribution < -0.4 is 0 Å². The fourth-order valence-corrected chi connectivity index (χ4v) is 3.45. The molecule has 4 heteroatoms. The van der Waals surface area contributed by atoms with Crippen molar-refractivity contribution in [1.29, 1.82) is 0 Å². The van der Waals surface area contributed by atoms with Crippen molar-refractivity contribution in [3.05, 3.63) is 34.9 Å². The lowest BCUT2D eigenvalue weighted by atomic mass is 9.94. The van der Waals surface area contributed by atoms with Gasteiger partial charge in [0.2, 0.25) is 0 Å². The Hall–Kier alpha value is -0.610. The third-order valence-electron chi connectivity index (χ3n) is 4.12. The van der Waals surface area contributed by atoms with E-state index in [-0.39, 0.29) is 6.61 Å². The lowest BCUT2D eigenvalue weighted by Crippen LogP contribution is -2.54. The Bertz CT molecular complexity index is 472. The van der Waals surface area contributed by atoms with Crippen molar-refractivity contribution in [1.82, 2.24) is 9.80 Å². The summed E-state index contributed by atoms with van der Waals surface area (Å²) < 4.78 is 0. The smallest absolute Gasteiger partial charge is 0.0446 e. The van der Waals surface area contributed by atoms with E-state index >= 15 is 0 Å². The van der Waals surface area contributed by atoms with Gasteiger partial charge >= 0.3 is 0 Å². The van der Waals surface area contributed by atoms with E-state index in [0.29, 0.717) is 11.5 Å². The van der Waals surface area contributed by atoms with Gasteiger partial charge in [0.25, 0.3) is 0 Å². The van der Waals surface area contributed by atoms with Crippen LogP contribution in [0.25, 0.3) is 0 Å². The van der Waals surface area contributed by atoms with Crippen LogP contribution >= 0.6 is 11.6 Å². The van der Waals surface area contributed by atoms with Gasteiger partial charge in [0.05, 0.1) is 0 Å². The molecule has 0 unspecified atom stereocenters. The standard InChI is InChI=1S/C18H29ClN2O/c1-18(2,3)14-21-9-8-20(13-17(21)7-10-22)12-15-5-4-6-16(19)11-15/h4-6,11,17,22H,7-10,12-14H2,1-3H3/t17-/m1/s1. The summed E-state index contributed by atoms with van der Waals surface area (Å²) in [5, 5.41) is 10.2. The van der Waals surface area contributed by atoms with Crippen molar-refractivity contribution >= 4 is 11.6 Å². The first-order chi connectivity index (χ1) is 10.4. The van der Waals surface area contributed by atoms with Gasteiger partial charge in [-0.25, -0.2) is 0 Å². The topological polar surface area (TPSA) is 26.7 Å². The van der Waals surface area contributed by atoms with E-state index in [0.717, 1.165) is 44.2 Å². The Labute approximate surface area is 139 Å². The highest BCUT2D eigenvalue weighted by Crippen LogP contribution is 2.22. The summed E-state index contributed by atoms with van der Waals surface area (Å²) in [6.45, 7) is 12.3. The van der Waals surface area contributed by atoms with Gasteiger partial charge in [-0.1, -0.05) is 44.5 Å². The van der Waals surface area contributed by atoms with E-state index in [1.54, 1.807) is 0 Å². The van der Waals surface area contributed by atoms with Crippen LogP contribution in [-0.2, 0) is 6.54 Å². The van der Waals surface area contributed by atoms with Gasteiger partial charge in [-0.15, -0.1) is 0 Å². The third-order valence-corrected chi connectivity index (χ3v) is 4.36. The quantitative estimate of drug-likeness (QED) is 0.900. The minimum atomic E-state index is 0.260. The summed E-state index contributed by atoms with van der Waals surface area (Å²) in [5.74, 6) is 0. The molecule has 1 fully saturated rings. The van der Waals surface area contributed by atoms with Crippen molar-refractivity contribution in [2.45, 2.75) is 39.8 Å². The van der Waals surface area contributed by atoms with Gasteiger partial charge in [0, 0.05) is 50.4 Å². The molecular weight excluding hydrogens is 296 g/mol. The molecule has 1 aliphatic heterocycles. The van der Waals surface area contributed by atoms with E-state index in [9.17, 15) is 5.11 Å². The molecule has 0 aliphatic carbocycles. The van der Waals surface area contributed by atoms with Gasteiger partial charge in [0.1, 0.15) is 0 Å². The van der Waals surface area contributed by atoms with E-state index < -0.39 is 0 Å². The zero-order chi connectivity index (χ0) is 16.2. The number of hydrogen-bond donors (Lipinski definition) is 1. The number of rotatable bonds is 5. The Balaban J connectivity index is 1.97. The van der Waals surface area contributed by atoms with Crippen molar-refractivity contribution in [2.24, 2.45) is 5.41 Å². The van der Waals surface area contributed by atoms with Gasteiger partial charge in [0.15, 0.2) is 0 Å². The van der Waals surface area contributed by atoms with Gasteiger partial charge in [-0.3, -0.25) is 9.80 Å². The van der Waals surface area contributed by atoms with Gasteiger partial charge in [-0.2, -0.15) is 0 Å². The Morgan fingerprint density at radius 2 is 2.05 bits per heavy atom. The van der Waals surface area contributed by atoms with Crippen LogP contribution in [0.15, 0.2) is 24.3 Å². The summed E-state index contributed by atoms with van der Waals surface area (Å²) in [4.78, 5) is 5.02. The summed E-state index contributed by atoms with van der Waals surface area (Å²) in [6, 6.07) is 8.55. The summed E-state index contributed by atoms with van der Waals surface area (Å²) >= 11 is 6.08. The Kier molecular flexibility index (Phi) is 6.27. The second-order valence-corrected chi connectivity index (χ2v) is 8.00. The van der Waals surface area contributed by atoms with E-state index in [4.69, 9.17) is 11.6 Å². The third kappa shape index (κ3) is 5.54. The minimum absolute atomic E-state index is 0.260. The summed E-state index contributed by atoms with van der Waals surface area (Å²) in [5.41, 5.74) is 1.56. The molecule has 22 heavy (non-hydrogen) atoms. The maximum atomic E-state index is 9.38. The van der Waals surface area contributed by atoms with Crippen LogP contribution in [0.5, 0.6) is 0 Å². The first-order valence-electron chi connectivity index (χ1n) is 8.19. The van der Waals surface area contributed by atoms with Crippen LogP contribution in [0.4, 0.5) is 0 Å². The SMILES string of the molecule is CC(C)(C)CN1CCN(Cc2cccc(Cl)c2)C[C@H]1CCO.